The topological polar surface area (TPSA) is 111 Å². The predicted molar refractivity (Wildman–Crippen MR) is 77.7 cm³/mol. The summed E-state index contributed by atoms with van der Waals surface area (Å²) in [6, 6.07) is 6.43. The fourth-order valence-electron chi connectivity index (χ4n) is 1.54. The second kappa shape index (κ2) is 8.70. The molecule has 0 saturated heterocycles. The number of rotatable bonds is 7. The molecule has 0 aliphatic rings. The highest BCUT2D eigenvalue weighted by molar-refractivity contribution is 5.95. The van der Waals surface area contributed by atoms with Crippen molar-refractivity contribution in [3.63, 3.8) is 0 Å². The summed E-state index contributed by atoms with van der Waals surface area (Å²) in [7, 11) is 1.29. The molecular formula is C14H19N3O4. The number of hydrogen-bond donors (Lipinski definition) is 3. The molecule has 0 aliphatic carbocycles. The fourth-order valence-corrected chi connectivity index (χ4v) is 1.54. The molecule has 7 nitrogen and oxygen atoms in total. The summed E-state index contributed by atoms with van der Waals surface area (Å²) in [5.74, 6) is -0.847. The Morgan fingerprint density at radius 1 is 1.14 bits per heavy atom. The lowest BCUT2D eigenvalue weighted by atomic mass is 10.2. The monoisotopic (exact) mass is 293 g/mol. The Hall–Kier alpha value is -2.41. The lowest BCUT2D eigenvalue weighted by molar-refractivity contribution is -0.140. The van der Waals surface area contributed by atoms with Gasteiger partial charge in [-0.25, -0.2) is 0 Å². The van der Waals surface area contributed by atoms with E-state index in [2.05, 4.69) is 15.4 Å². The molecular weight excluding hydrogens is 274 g/mol. The molecule has 0 radical (unpaired) electrons. The van der Waals surface area contributed by atoms with Crippen molar-refractivity contribution >= 4 is 23.5 Å². The van der Waals surface area contributed by atoms with Crippen molar-refractivity contribution in [3.8, 4) is 0 Å². The zero-order valence-electron chi connectivity index (χ0n) is 11.8. The zero-order valence-corrected chi connectivity index (χ0v) is 11.8. The molecule has 1 aromatic carbocycles. The van der Waals surface area contributed by atoms with Crippen LogP contribution in [0.5, 0.6) is 0 Å². The van der Waals surface area contributed by atoms with Crippen LogP contribution in [-0.2, 0) is 14.3 Å². The van der Waals surface area contributed by atoms with Gasteiger partial charge in [0.2, 0.25) is 5.91 Å². The highest BCUT2D eigenvalue weighted by Gasteiger charge is 2.07. The molecule has 7 heteroatoms. The van der Waals surface area contributed by atoms with Crippen LogP contribution in [0.3, 0.4) is 0 Å². The molecule has 4 N–H and O–H groups in total. The lowest BCUT2D eigenvalue weighted by Gasteiger charge is -2.07. The number of nitrogens with one attached hydrogen (secondary N) is 2. The maximum Gasteiger partial charge on any atom is 0.307 e. The van der Waals surface area contributed by atoms with E-state index in [1.165, 1.54) is 7.11 Å². The van der Waals surface area contributed by atoms with E-state index >= 15 is 0 Å². The third-order valence-corrected chi connectivity index (χ3v) is 2.64. The van der Waals surface area contributed by atoms with Gasteiger partial charge in [0, 0.05) is 30.8 Å². The van der Waals surface area contributed by atoms with Crippen LogP contribution in [0.15, 0.2) is 24.3 Å². The molecule has 0 unspecified atom stereocenters. The summed E-state index contributed by atoms with van der Waals surface area (Å²) in [5.41, 5.74) is 6.32. The number of carbonyl (C=O) groups excluding carboxylic acids is 3. The molecule has 0 heterocycles. The molecule has 1 rings (SSSR count). The Kier molecular flexibility index (Phi) is 6.90. The van der Waals surface area contributed by atoms with Gasteiger partial charge in [-0.3, -0.25) is 14.4 Å². The Morgan fingerprint density at radius 2 is 1.81 bits per heavy atom. The molecule has 0 fully saturated rings. The first-order valence-electron chi connectivity index (χ1n) is 6.52. The molecule has 1 aromatic rings. The Bertz CT molecular complexity index is 499. The maximum absolute atomic E-state index is 11.8. The molecule has 0 spiro atoms. The van der Waals surface area contributed by atoms with Gasteiger partial charge in [-0.1, -0.05) is 0 Å². The van der Waals surface area contributed by atoms with E-state index in [0.717, 1.165) is 0 Å². The third-order valence-electron chi connectivity index (χ3n) is 2.64. The second-order valence-corrected chi connectivity index (χ2v) is 4.25. The number of methoxy groups -OCH3 is 1. The smallest absolute Gasteiger partial charge is 0.307 e. The van der Waals surface area contributed by atoms with Gasteiger partial charge in [0.1, 0.15) is 0 Å². The van der Waals surface area contributed by atoms with Crippen LogP contribution in [0.25, 0.3) is 0 Å². The van der Waals surface area contributed by atoms with Gasteiger partial charge in [0.05, 0.1) is 13.5 Å². The largest absolute Gasteiger partial charge is 0.469 e. The quantitative estimate of drug-likeness (QED) is 0.625. The fraction of sp³-hybridized carbons (Fsp3) is 0.357. The third kappa shape index (κ3) is 6.05. The number of hydrogen-bond acceptors (Lipinski definition) is 5. The Balaban J connectivity index is 2.47. The Labute approximate surface area is 122 Å². The van der Waals surface area contributed by atoms with Crippen molar-refractivity contribution < 1.29 is 19.1 Å². The van der Waals surface area contributed by atoms with Gasteiger partial charge in [-0.2, -0.15) is 0 Å². The number of anilines is 1. The van der Waals surface area contributed by atoms with Crippen LogP contribution in [0, 0.1) is 0 Å². The highest BCUT2D eigenvalue weighted by atomic mass is 16.5. The maximum atomic E-state index is 11.8. The van der Waals surface area contributed by atoms with Crippen LogP contribution in [0.4, 0.5) is 5.69 Å². The number of carbonyl (C=O) groups is 3. The average Bonchev–Trinajstić information content (AvgIpc) is 2.47. The van der Waals surface area contributed by atoms with E-state index < -0.39 is 0 Å². The van der Waals surface area contributed by atoms with Crippen molar-refractivity contribution in [2.45, 2.75) is 12.8 Å². The van der Waals surface area contributed by atoms with Gasteiger partial charge in [0.15, 0.2) is 0 Å². The summed E-state index contributed by atoms with van der Waals surface area (Å²) < 4.78 is 4.47. The predicted octanol–water partition coefficient (Wildman–Crippen LogP) is 0.267. The van der Waals surface area contributed by atoms with Crippen molar-refractivity contribution in [3.05, 3.63) is 29.8 Å². The SMILES string of the molecule is COC(=O)CCNC(=O)c1ccc(NC(=O)CCN)cc1. The number of esters is 1. The number of benzene rings is 1. The minimum absolute atomic E-state index is 0.121. The first-order chi connectivity index (χ1) is 10.1. The van der Waals surface area contributed by atoms with Gasteiger partial charge >= 0.3 is 5.97 Å². The van der Waals surface area contributed by atoms with Crippen molar-refractivity contribution in [2.75, 3.05) is 25.5 Å². The number of amides is 2. The van der Waals surface area contributed by atoms with Crippen molar-refractivity contribution in [1.29, 1.82) is 0 Å². The van der Waals surface area contributed by atoms with Gasteiger partial charge < -0.3 is 21.1 Å². The van der Waals surface area contributed by atoms with E-state index in [-0.39, 0.29) is 43.7 Å². The van der Waals surface area contributed by atoms with Crippen LogP contribution in [0.2, 0.25) is 0 Å². The molecule has 0 saturated carbocycles. The summed E-state index contributed by atoms with van der Waals surface area (Å²) in [4.78, 5) is 34.0. The molecule has 0 atom stereocenters. The van der Waals surface area contributed by atoms with E-state index in [0.29, 0.717) is 11.3 Å². The normalized spacial score (nSPS) is 9.81. The minimum Gasteiger partial charge on any atom is -0.469 e. The standard InChI is InChI=1S/C14H19N3O4/c1-21-13(19)7-9-16-14(20)10-2-4-11(5-3-10)17-12(18)6-8-15/h2-5H,6-9,15H2,1H3,(H,16,20)(H,17,18). The van der Waals surface area contributed by atoms with Crippen LogP contribution >= 0.6 is 0 Å². The summed E-state index contributed by atoms with van der Waals surface area (Å²) in [5, 5.41) is 5.26. The second-order valence-electron chi connectivity index (χ2n) is 4.25. The summed E-state index contributed by atoms with van der Waals surface area (Å²) in [6.07, 6.45) is 0.366. The highest BCUT2D eigenvalue weighted by Crippen LogP contribution is 2.09. The number of ether oxygens (including phenoxy) is 1. The molecule has 21 heavy (non-hydrogen) atoms. The van der Waals surface area contributed by atoms with E-state index in [9.17, 15) is 14.4 Å². The molecule has 114 valence electrons. The van der Waals surface area contributed by atoms with E-state index in [1.807, 2.05) is 0 Å². The van der Waals surface area contributed by atoms with Gasteiger partial charge in [-0.05, 0) is 24.3 Å². The zero-order chi connectivity index (χ0) is 15.7. The Morgan fingerprint density at radius 3 is 2.38 bits per heavy atom. The van der Waals surface area contributed by atoms with Crippen LogP contribution in [0.1, 0.15) is 23.2 Å². The number of nitrogens with two attached hydrogens (primary N) is 1. The van der Waals surface area contributed by atoms with Gasteiger partial charge in [0.25, 0.3) is 5.91 Å². The first-order valence-corrected chi connectivity index (χ1v) is 6.52. The lowest BCUT2D eigenvalue weighted by Crippen LogP contribution is -2.26. The average molecular weight is 293 g/mol. The molecule has 0 aromatic heterocycles. The van der Waals surface area contributed by atoms with Gasteiger partial charge in [-0.15, -0.1) is 0 Å². The minimum atomic E-state index is -0.381. The summed E-state index contributed by atoms with van der Waals surface area (Å²) >= 11 is 0. The van der Waals surface area contributed by atoms with Crippen molar-refractivity contribution in [2.24, 2.45) is 5.73 Å². The molecule has 0 aliphatic heterocycles. The van der Waals surface area contributed by atoms with Crippen molar-refractivity contribution in [1.82, 2.24) is 5.32 Å². The summed E-state index contributed by atoms with van der Waals surface area (Å²) in [6.45, 7) is 0.493. The van der Waals surface area contributed by atoms with Crippen LogP contribution < -0.4 is 16.4 Å². The van der Waals surface area contributed by atoms with Crippen LogP contribution in [-0.4, -0.2) is 38.0 Å². The molecule has 0 bridgehead atoms. The molecule has 2 amide bonds. The van der Waals surface area contributed by atoms with E-state index in [4.69, 9.17) is 5.73 Å². The van der Waals surface area contributed by atoms with E-state index in [1.54, 1.807) is 24.3 Å². The first kappa shape index (κ1) is 16.6.